The number of rotatable bonds is 5. The van der Waals surface area contributed by atoms with E-state index >= 15 is 0 Å². The van der Waals surface area contributed by atoms with E-state index in [-0.39, 0.29) is 16.8 Å². The fourth-order valence-corrected chi connectivity index (χ4v) is 6.09. The molecule has 2 heterocycles. The van der Waals surface area contributed by atoms with Gasteiger partial charge in [-0.1, -0.05) is 61.5 Å². The molecule has 2 aromatic rings. The summed E-state index contributed by atoms with van der Waals surface area (Å²) >= 11 is 2.86. The molecule has 5 nitrogen and oxygen atoms in total. The van der Waals surface area contributed by atoms with Crippen molar-refractivity contribution < 1.29 is 14.7 Å². The summed E-state index contributed by atoms with van der Waals surface area (Å²) in [7, 11) is 0. The van der Waals surface area contributed by atoms with Crippen LogP contribution in [0.15, 0.2) is 36.4 Å². The minimum absolute atomic E-state index is 0.00100. The number of carbonyl (C=O) groups is 2. The maximum absolute atomic E-state index is 13.2. The predicted molar refractivity (Wildman–Crippen MR) is 120 cm³/mol. The molecule has 1 saturated carbocycles. The second kappa shape index (κ2) is 8.90. The van der Waals surface area contributed by atoms with E-state index in [1.165, 1.54) is 30.6 Å². The van der Waals surface area contributed by atoms with Gasteiger partial charge in [-0.2, -0.15) is 0 Å². The van der Waals surface area contributed by atoms with E-state index in [0.717, 1.165) is 29.8 Å². The van der Waals surface area contributed by atoms with Crippen molar-refractivity contribution in [1.82, 2.24) is 4.31 Å². The van der Waals surface area contributed by atoms with Crippen molar-refractivity contribution in [2.45, 2.75) is 38.1 Å². The van der Waals surface area contributed by atoms with Crippen LogP contribution >= 0.6 is 23.3 Å². The number of anilines is 1. The number of carboxylic acid groups (broad SMARTS) is 1. The molecule has 1 saturated heterocycles. The number of nitrogens with zero attached hydrogens (tertiary/aromatic N) is 2. The topological polar surface area (TPSA) is 60.9 Å². The van der Waals surface area contributed by atoms with Gasteiger partial charge in [0.15, 0.2) is 0 Å². The highest BCUT2D eigenvalue weighted by atomic mass is 32.2. The van der Waals surface area contributed by atoms with E-state index in [9.17, 15) is 14.7 Å². The number of aromatic carboxylic acids is 1. The van der Waals surface area contributed by atoms with Gasteiger partial charge in [-0.15, -0.1) is 11.3 Å². The van der Waals surface area contributed by atoms with Gasteiger partial charge < -0.3 is 10.0 Å². The highest BCUT2D eigenvalue weighted by molar-refractivity contribution is 7.96. The third-order valence-corrected chi connectivity index (χ3v) is 7.94. The fraction of sp³-hybridized carbons (Fsp3) is 0.455. The van der Waals surface area contributed by atoms with Gasteiger partial charge in [0.1, 0.15) is 4.88 Å². The van der Waals surface area contributed by atoms with Gasteiger partial charge in [0.05, 0.1) is 18.3 Å². The molecule has 1 aliphatic heterocycles. The van der Waals surface area contributed by atoms with E-state index in [1.54, 1.807) is 11.9 Å². The Morgan fingerprint density at radius 1 is 1.17 bits per heavy atom. The standard InChI is InChI=1S/C22H26N2O3S2/c1-28-23-13-18(15-8-4-2-5-9-15)24(20(25)14-23)17-12-19(29-21(17)22(26)27)16-10-6-3-7-11-16/h3,6-7,10-12,15,18H,2,4-5,8-9,13-14H2,1H3,(H,26,27). The molecule has 1 aliphatic carbocycles. The highest BCUT2D eigenvalue weighted by Crippen LogP contribution is 2.41. The van der Waals surface area contributed by atoms with Crippen molar-refractivity contribution in [3.63, 3.8) is 0 Å². The number of hydrogen-bond acceptors (Lipinski definition) is 5. The summed E-state index contributed by atoms with van der Waals surface area (Å²) in [5, 5.41) is 9.90. The Bertz CT molecular complexity index is 877. The number of carbonyl (C=O) groups excluding carboxylic acids is 1. The zero-order chi connectivity index (χ0) is 20.4. The van der Waals surface area contributed by atoms with Crippen molar-refractivity contribution in [3.8, 4) is 10.4 Å². The first-order valence-electron chi connectivity index (χ1n) is 10.1. The van der Waals surface area contributed by atoms with Crippen LogP contribution in [0.2, 0.25) is 0 Å². The van der Waals surface area contributed by atoms with Gasteiger partial charge in [-0.05, 0) is 36.6 Å². The normalized spacial score (nSPS) is 21.5. The SMILES string of the molecule is CSN1CC(=O)N(c2cc(-c3ccccc3)sc2C(=O)O)C(C2CCCCC2)C1. The highest BCUT2D eigenvalue weighted by Gasteiger charge is 2.40. The van der Waals surface area contributed by atoms with E-state index in [0.29, 0.717) is 18.2 Å². The lowest BCUT2D eigenvalue weighted by atomic mass is 9.82. The number of carboxylic acids is 1. The Hall–Kier alpha value is -1.83. The zero-order valence-corrected chi connectivity index (χ0v) is 18.2. The lowest BCUT2D eigenvalue weighted by Crippen LogP contribution is -2.58. The van der Waals surface area contributed by atoms with Gasteiger partial charge in [-0.3, -0.25) is 4.79 Å². The Morgan fingerprint density at radius 2 is 1.90 bits per heavy atom. The Labute approximate surface area is 179 Å². The average molecular weight is 431 g/mol. The number of amides is 1. The van der Waals surface area contributed by atoms with E-state index in [1.807, 2.05) is 47.6 Å². The molecule has 7 heteroatoms. The van der Waals surface area contributed by atoms with Gasteiger partial charge >= 0.3 is 5.97 Å². The third-order valence-electron chi connectivity index (χ3n) is 5.98. The molecule has 1 aromatic carbocycles. The van der Waals surface area contributed by atoms with Crippen LogP contribution in [0.25, 0.3) is 10.4 Å². The van der Waals surface area contributed by atoms with Crippen LogP contribution in [-0.4, -0.2) is 46.7 Å². The third kappa shape index (κ3) is 4.22. The van der Waals surface area contributed by atoms with E-state index < -0.39 is 5.97 Å². The molecule has 154 valence electrons. The Kier molecular flexibility index (Phi) is 6.27. The van der Waals surface area contributed by atoms with Crippen LogP contribution in [0.5, 0.6) is 0 Å². The van der Waals surface area contributed by atoms with Crippen LogP contribution in [-0.2, 0) is 4.79 Å². The maximum atomic E-state index is 13.2. The molecule has 0 spiro atoms. The van der Waals surface area contributed by atoms with Gasteiger partial charge in [0.2, 0.25) is 5.91 Å². The summed E-state index contributed by atoms with van der Waals surface area (Å²) in [6.45, 7) is 1.10. The van der Waals surface area contributed by atoms with E-state index in [2.05, 4.69) is 4.31 Å². The molecule has 1 atom stereocenters. The minimum Gasteiger partial charge on any atom is -0.477 e. The summed E-state index contributed by atoms with van der Waals surface area (Å²) in [6.07, 6.45) is 7.84. The molecule has 1 N–H and O–H groups in total. The van der Waals surface area contributed by atoms with E-state index in [4.69, 9.17) is 0 Å². The summed E-state index contributed by atoms with van der Waals surface area (Å²) in [5.41, 5.74) is 1.55. The molecule has 1 aromatic heterocycles. The van der Waals surface area contributed by atoms with Crippen LogP contribution in [0, 0.1) is 5.92 Å². The quantitative estimate of drug-likeness (QED) is 0.677. The van der Waals surface area contributed by atoms with Gasteiger partial charge in [0.25, 0.3) is 0 Å². The first-order chi connectivity index (χ1) is 14.1. The smallest absolute Gasteiger partial charge is 0.348 e. The monoisotopic (exact) mass is 430 g/mol. The fourth-order valence-electron chi connectivity index (χ4n) is 4.56. The Morgan fingerprint density at radius 3 is 2.55 bits per heavy atom. The second-order valence-corrected chi connectivity index (χ2v) is 9.66. The lowest BCUT2D eigenvalue weighted by Gasteiger charge is -2.44. The molecule has 1 unspecified atom stereocenters. The summed E-state index contributed by atoms with van der Waals surface area (Å²) in [6, 6.07) is 11.7. The van der Waals surface area contributed by atoms with Gasteiger partial charge in [0, 0.05) is 11.4 Å². The largest absolute Gasteiger partial charge is 0.477 e. The van der Waals surface area contributed by atoms with Crippen molar-refractivity contribution in [3.05, 3.63) is 41.3 Å². The van der Waals surface area contributed by atoms with Gasteiger partial charge in [-0.25, -0.2) is 9.10 Å². The number of hydrogen-bond donors (Lipinski definition) is 1. The first kappa shape index (κ1) is 20.4. The molecule has 29 heavy (non-hydrogen) atoms. The molecule has 0 radical (unpaired) electrons. The summed E-state index contributed by atoms with van der Waals surface area (Å²) < 4.78 is 2.11. The lowest BCUT2D eigenvalue weighted by molar-refractivity contribution is -0.121. The number of thiophene rings is 1. The van der Waals surface area contributed by atoms with Crippen molar-refractivity contribution in [2.24, 2.45) is 5.92 Å². The maximum Gasteiger partial charge on any atom is 0.348 e. The molecule has 2 aliphatic rings. The molecular weight excluding hydrogens is 404 g/mol. The van der Waals surface area contributed by atoms with Crippen LogP contribution in [0.3, 0.4) is 0 Å². The predicted octanol–water partition coefficient (Wildman–Crippen LogP) is 4.99. The van der Waals surface area contributed by atoms with Crippen LogP contribution in [0.1, 0.15) is 41.8 Å². The molecule has 1 amide bonds. The average Bonchev–Trinajstić information content (AvgIpc) is 3.19. The Balaban J connectivity index is 1.76. The molecule has 2 fully saturated rings. The van der Waals surface area contributed by atoms with Crippen molar-refractivity contribution >= 4 is 40.8 Å². The minimum atomic E-state index is -0.963. The molecular formula is C22H26N2O3S2. The zero-order valence-electron chi connectivity index (χ0n) is 16.5. The number of benzene rings is 1. The summed E-state index contributed by atoms with van der Waals surface area (Å²) in [4.78, 5) is 28.3. The van der Waals surface area contributed by atoms with Crippen LogP contribution < -0.4 is 4.90 Å². The second-order valence-electron chi connectivity index (χ2n) is 7.73. The van der Waals surface area contributed by atoms with Crippen LogP contribution in [0.4, 0.5) is 5.69 Å². The van der Waals surface area contributed by atoms with Crippen molar-refractivity contribution in [1.29, 1.82) is 0 Å². The number of piperazine rings is 1. The molecule has 0 bridgehead atoms. The first-order valence-corrected chi connectivity index (χ1v) is 12.1. The van der Waals surface area contributed by atoms with Crippen molar-refractivity contribution in [2.75, 3.05) is 24.2 Å². The summed E-state index contributed by atoms with van der Waals surface area (Å²) in [5.74, 6) is -0.542. The molecule has 4 rings (SSSR count).